The van der Waals surface area contributed by atoms with Crippen molar-refractivity contribution >= 4 is 0 Å². The van der Waals surface area contributed by atoms with Gasteiger partial charge in [-0.2, -0.15) is 5.26 Å². The first-order valence-electron chi connectivity index (χ1n) is 2.99. The lowest BCUT2D eigenvalue weighted by Crippen LogP contribution is -2.45. The Kier molecular flexibility index (Phi) is 1.61. The summed E-state index contributed by atoms with van der Waals surface area (Å²) in [7, 11) is 0. The lowest BCUT2D eigenvalue weighted by Gasteiger charge is -2.37. The molecule has 0 aromatic carbocycles. The van der Waals surface area contributed by atoms with Crippen LogP contribution in [0.2, 0.25) is 0 Å². The van der Waals surface area contributed by atoms with Crippen molar-refractivity contribution in [2.75, 3.05) is 0 Å². The fourth-order valence-corrected chi connectivity index (χ4v) is 1.08. The predicted molar refractivity (Wildman–Crippen MR) is 29.3 cm³/mol. The van der Waals surface area contributed by atoms with E-state index in [-0.39, 0.29) is 12.8 Å². The molecule has 56 valence electrons. The van der Waals surface area contributed by atoms with Gasteiger partial charge in [-0.05, 0) is 12.8 Å². The molecule has 4 heteroatoms. The van der Waals surface area contributed by atoms with E-state index in [2.05, 4.69) is 0 Å². The first-order valence-corrected chi connectivity index (χ1v) is 2.99. The summed E-state index contributed by atoms with van der Waals surface area (Å²) in [5.74, 6) is -0.773. The zero-order valence-electron chi connectivity index (χ0n) is 5.22. The van der Waals surface area contributed by atoms with Crippen molar-refractivity contribution in [2.24, 2.45) is 5.92 Å². The number of aliphatic hydroxyl groups is 1. The summed E-state index contributed by atoms with van der Waals surface area (Å²) in [6, 6.07) is 1.58. The minimum atomic E-state index is -2.39. The van der Waals surface area contributed by atoms with Gasteiger partial charge in [0.1, 0.15) is 0 Å². The standard InChI is InChI=1S/C6H7F2NO/c7-5(8)4-1-6(10,2-4)3-9/h4-5,10H,1-2H2. The predicted octanol–water partition coefficient (Wildman–Crippen LogP) is 0.916. The highest BCUT2D eigenvalue weighted by atomic mass is 19.3. The first-order chi connectivity index (χ1) is 4.57. The molecule has 0 spiro atoms. The summed E-state index contributed by atoms with van der Waals surface area (Å²) in [6.45, 7) is 0. The molecule has 0 heterocycles. The van der Waals surface area contributed by atoms with Crippen LogP contribution in [0.1, 0.15) is 12.8 Å². The molecule has 0 atom stereocenters. The average Bonchev–Trinajstić information content (AvgIpc) is 1.80. The Morgan fingerprint density at radius 3 is 2.40 bits per heavy atom. The maximum atomic E-state index is 11.7. The Bertz CT molecular complexity index is 169. The highest BCUT2D eigenvalue weighted by Crippen LogP contribution is 2.40. The van der Waals surface area contributed by atoms with Gasteiger partial charge in [0.25, 0.3) is 0 Å². The number of alkyl halides is 2. The van der Waals surface area contributed by atoms with E-state index in [0.29, 0.717) is 0 Å². The molecule has 0 bridgehead atoms. The maximum Gasteiger partial charge on any atom is 0.241 e. The van der Waals surface area contributed by atoms with Gasteiger partial charge in [-0.3, -0.25) is 0 Å². The lowest BCUT2D eigenvalue weighted by molar-refractivity contribution is -0.0856. The Hall–Kier alpha value is -0.690. The maximum absolute atomic E-state index is 11.7. The van der Waals surface area contributed by atoms with E-state index in [4.69, 9.17) is 10.4 Å². The third-order valence-corrected chi connectivity index (χ3v) is 1.76. The fourth-order valence-electron chi connectivity index (χ4n) is 1.08. The summed E-state index contributed by atoms with van der Waals surface area (Å²) in [6.07, 6.45) is -2.56. The lowest BCUT2D eigenvalue weighted by atomic mass is 9.72. The number of hydrogen-bond acceptors (Lipinski definition) is 2. The van der Waals surface area contributed by atoms with Gasteiger partial charge >= 0.3 is 0 Å². The van der Waals surface area contributed by atoms with Crippen LogP contribution in [-0.4, -0.2) is 17.1 Å². The minimum Gasteiger partial charge on any atom is -0.375 e. The summed E-state index contributed by atoms with van der Waals surface area (Å²) < 4.78 is 23.5. The molecule has 0 aromatic rings. The third-order valence-electron chi connectivity index (χ3n) is 1.76. The van der Waals surface area contributed by atoms with Crippen LogP contribution in [-0.2, 0) is 0 Å². The van der Waals surface area contributed by atoms with Crippen LogP contribution in [0.15, 0.2) is 0 Å². The summed E-state index contributed by atoms with van der Waals surface area (Å²) in [5, 5.41) is 17.1. The van der Waals surface area contributed by atoms with Crippen molar-refractivity contribution in [2.45, 2.75) is 24.9 Å². The molecule has 1 rings (SSSR count). The van der Waals surface area contributed by atoms with Crippen molar-refractivity contribution in [3.63, 3.8) is 0 Å². The number of rotatable bonds is 1. The topological polar surface area (TPSA) is 44.0 Å². The summed E-state index contributed by atoms with van der Waals surface area (Å²) in [5.41, 5.74) is -1.46. The quantitative estimate of drug-likeness (QED) is 0.560. The van der Waals surface area contributed by atoms with E-state index in [1.165, 1.54) is 0 Å². The van der Waals surface area contributed by atoms with E-state index in [1.807, 2.05) is 0 Å². The van der Waals surface area contributed by atoms with Crippen LogP contribution >= 0.6 is 0 Å². The van der Waals surface area contributed by atoms with E-state index < -0.39 is 17.9 Å². The van der Waals surface area contributed by atoms with Crippen molar-refractivity contribution in [3.8, 4) is 6.07 Å². The van der Waals surface area contributed by atoms with Crippen molar-refractivity contribution in [3.05, 3.63) is 0 Å². The van der Waals surface area contributed by atoms with Gasteiger partial charge in [-0.1, -0.05) is 0 Å². The smallest absolute Gasteiger partial charge is 0.241 e. The Morgan fingerprint density at radius 1 is 1.60 bits per heavy atom. The molecule has 0 aromatic heterocycles. The second-order valence-corrected chi connectivity index (χ2v) is 2.65. The summed E-state index contributed by atoms with van der Waals surface area (Å²) >= 11 is 0. The third kappa shape index (κ3) is 1.09. The average molecular weight is 147 g/mol. The van der Waals surface area contributed by atoms with Gasteiger partial charge in [0.05, 0.1) is 6.07 Å². The highest BCUT2D eigenvalue weighted by molar-refractivity contribution is 5.09. The van der Waals surface area contributed by atoms with Gasteiger partial charge in [0.15, 0.2) is 5.60 Å². The molecule has 1 N–H and O–H groups in total. The van der Waals surface area contributed by atoms with Gasteiger partial charge in [-0.15, -0.1) is 0 Å². The van der Waals surface area contributed by atoms with Crippen molar-refractivity contribution in [1.82, 2.24) is 0 Å². The molecular weight excluding hydrogens is 140 g/mol. The van der Waals surface area contributed by atoms with Crippen LogP contribution in [0.4, 0.5) is 8.78 Å². The molecule has 2 nitrogen and oxygen atoms in total. The van der Waals surface area contributed by atoms with Gasteiger partial charge < -0.3 is 5.11 Å². The number of nitriles is 1. The molecule has 0 saturated heterocycles. The molecule has 10 heavy (non-hydrogen) atoms. The Labute approximate surface area is 57.1 Å². The first kappa shape index (κ1) is 7.42. The van der Waals surface area contributed by atoms with Crippen LogP contribution in [0, 0.1) is 17.2 Å². The molecule has 0 unspecified atom stereocenters. The molecule has 0 amide bonds. The van der Waals surface area contributed by atoms with E-state index >= 15 is 0 Å². The number of hydrogen-bond donors (Lipinski definition) is 1. The molecule has 0 radical (unpaired) electrons. The van der Waals surface area contributed by atoms with Crippen molar-refractivity contribution < 1.29 is 13.9 Å². The zero-order valence-corrected chi connectivity index (χ0v) is 5.22. The highest BCUT2D eigenvalue weighted by Gasteiger charge is 2.47. The normalized spacial score (nSPS) is 38.9. The van der Waals surface area contributed by atoms with Gasteiger partial charge in [0.2, 0.25) is 6.43 Å². The summed E-state index contributed by atoms with van der Waals surface area (Å²) in [4.78, 5) is 0. The van der Waals surface area contributed by atoms with Crippen LogP contribution in [0.3, 0.4) is 0 Å². The Balaban J connectivity index is 2.38. The fraction of sp³-hybridized carbons (Fsp3) is 0.833. The van der Waals surface area contributed by atoms with E-state index in [1.54, 1.807) is 6.07 Å². The molecular formula is C6H7F2NO. The van der Waals surface area contributed by atoms with Gasteiger partial charge in [-0.25, -0.2) is 8.78 Å². The second kappa shape index (κ2) is 2.17. The number of nitrogens with zero attached hydrogens (tertiary/aromatic N) is 1. The monoisotopic (exact) mass is 147 g/mol. The van der Waals surface area contributed by atoms with Gasteiger partial charge in [0, 0.05) is 5.92 Å². The minimum absolute atomic E-state index is 0.0822. The van der Waals surface area contributed by atoms with Crippen LogP contribution in [0.25, 0.3) is 0 Å². The van der Waals surface area contributed by atoms with Crippen LogP contribution in [0.5, 0.6) is 0 Å². The second-order valence-electron chi connectivity index (χ2n) is 2.65. The Morgan fingerprint density at radius 2 is 2.10 bits per heavy atom. The SMILES string of the molecule is N#CC1(O)CC(C(F)F)C1. The zero-order chi connectivity index (χ0) is 7.78. The molecule has 0 aliphatic heterocycles. The molecule has 1 aliphatic rings. The van der Waals surface area contributed by atoms with Crippen LogP contribution < -0.4 is 0 Å². The van der Waals surface area contributed by atoms with Crippen molar-refractivity contribution in [1.29, 1.82) is 5.26 Å². The van der Waals surface area contributed by atoms with E-state index in [9.17, 15) is 8.78 Å². The number of halogens is 2. The molecule has 1 fully saturated rings. The largest absolute Gasteiger partial charge is 0.375 e. The molecule has 1 aliphatic carbocycles. The molecule has 1 saturated carbocycles. The van der Waals surface area contributed by atoms with E-state index in [0.717, 1.165) is 0 Å².